The maximum atomic E-state index is 5.17. The van der Waals surface area contributed by atoms with Gasteiger partial charge in [-0.2, -0.15) is 0 Å². The van der Waals surface area contributed by atoms with Gasteiger partial charge in [-0.1, -0.05) is 127 Å². The third kappa shape index (κ3) is 5.18. The number of aromatic nitrogens is 5. The smallest absolute Gasteiger partial charge is 0.164 e. The lowest BCUT2D eigenvalue weighted by Crippen LogP contribution is -2.60. The molecule has 3 heterocycles. The summed E-state index contributed by atoms with van der Waals surface area (Å²) in [7, 11) is 0. The SMILES string of the molecule is C1=CC2C3c4ccccc4C(c4ccncc4)(C2C=C1)C1CC(c2cc(-c4ccncc4)cc(-c4nc(-c5ccccc5)nc(-c5ccccc5)n4)c2)C=CC31. The summed E-state index contributed by atoms with van der Waals surface area (Å²) in [4.78, 5) is 24.2. The van der Waals surface area contributed by atoms with Gasteiger partial charge in [-0.15, -0.1) is 0 Å². The van der Waals surface area contributed by atoms with Gasteiger partial charge >= 0.3 is 0 Å². The fraction of sp³-hybridized carbons (Fsp3) is 0.157. The van der Waals surface area contributed by atoms with Crippen LogP contribution in [0.3, 0.4) is 0 Å². The molecule has 0 radical (unpaired) electrons. The Morgan fingerprint density at radius 1 is 0.482 bits per heavy atom. The predicted molar refractivity (Wildman–Crippen MR) is 222 cm³/mol. The quantitative estimate of drug-likeness (QED) is 0.160. The van der Waals surface area contributed by atoms with E-state index in [9.17, 15) is 0 Å². The lowest BCUT2D eigenvalue weighted by atomic mass is 9.38. The largest absolute Gasteiger partial charge is 0.265 e. The standard InChI is InChI=1S/C51H39N5/c1-3-11-34(12-4-1)48-54-49(35-13-5-2-6-14-35)56-50(55-48)39-30-37(33-21-25-52-26-22-33)29-38(31-39)36-19-20-43-46(32-36)51(40-23-27-53-28-24-40)44-17-9-7-15-41(44)47(43)42-16-8-10-18-45(42)51/h1-31,36,41,43-44,46-47H,32H2. The van der Waals surface area contributed by atoms with Crippen LogP contribution in [0.4, 0.5) is 0 Å². The zero-order chi connectivity index (χ0) is 37.1. The highest BCUT2D eigenvalue weighted by atomic mass is 15.0. The van der Waals surface area contributed by atoms with Crippen molar-refractivity contribution in [1.29, 1.82) is 0 Å². The predicted octanol–water partition coefficient (Wildman–Crippen LogP) is 11.1. The number of pyridine rings is 2. The van der Waals surface area contributed by atoms with Gasteiger partial charge < -0.3 is 0 Å². The summed E-state index contributed by atoms with van der Waals surface area (Å²) in [6.45, 7) is 0. The number of hydrogen-bond donors (Lipinski definition) is 0. The maximum absolute atomic E-state index is 5.17. The normalized spacial score (nSPS) is 25.3. The third-order valence-corrected chi connectivity index (χ3v) is 12.9. The average molecular weight is 722 g/mol. The fourth-order valence-electron chi connectivity index (χ4n) is 10.7. The van der Waals surface area contributed by atoms with Gasteiger partial charge in [-0.25, -0.2) is 15.0 Å². The number of allylic oxidation sites excluding steroid dienone is 6. The molecule has 0 aliphatic heterocycles. The topological polar surface area (TPSA) is 64.5 Å². The molecule has 56 heavy (non-hydrogen) atoms. The number of rotatable bonds is 6. The second-order valence-electron chi connectivity index (χ2n) is 15.6. The van der Waals surface area contributed by atoms with Crippen molar-refractivity contribution in [3.63, 3.8) is 0 Å². The van der Waals surface area contributed by atoms with Crippen molar-refractivity contribution >= 4 is 0 Å². The molecule has 2 bridgehead atoms. The highest BCUT2D eigenvalue weighted by molar-refractivity contribution is 5.74. The molecule has 5 nitrogen and oxygen atoms in total. The van der Waals surface area contributed by atoms with Crippen LogP contribution in [0.2, 0.25) is 0 Å². The third-order valence-electron chi connectivity index (χ3n) is 12.9. The zero-order valence-electron chi connectivity index (χ0n) is 30.8. The number of benzene rings is 4. The van der Waals surface area contributed by atoms with E-state index in [1.807, 2.05) is 61.2 Å². The molecule has 1 fully saturated rings. The van der Waals surface area contributed by atoms with E-state index < -0.39 is 0 Å². The molecule has 0 saturated heterocycles. The van der Waals surface area contributed by atoms with Gasteiger partial charge in [0.25, 0.3) is 0 Å². The zero-order valence-corrected chi connectivity index (χ0v) is 30.8. The molecule has 3 aromatic heterocycles. The van der Waals surface area contributed by atoms with Gasteiger partial charge in [0.2, 0.25) is 0 Å². The first-order valence-electron chi connectivity index (χ1n) is 19.7. The minimum atomic E-state index is -0.192. The minimum absolute atomic E-state index is 0.188. The van der Waals surface area contributed by atoms with Crippen LogP contribution in [0, 0.1) is 23.7 Å². The van der Waals surface area contributed by atoms with Gasteiger partial charge in [-0.3, -0.25) is 9.97 Å². The Morgan fingerprint density at radius 2 is 1.09 bits per heavy atom. The molecule has 7 unspecified atom stereocenters. The van der Waals surface area contributed by atoms with Crippen molar-refractivity contribution in [3.05, 3.63) is 211 Å². The van der Waals surface area contributed by atoms with E-state index in [4.69, 9.17) is 15.0 Å². The number of nitrogens with zero attached hydrogens (tertiary/aromatic N) is 5. The van der Waals surface area contributed by atoms with E-state index in [0.717, 1.165) is 34.2 Å². The van der Waals surface area contributed by atoms with E-state index in [0.29, 0.717) is 47.1 Å². The van der Waals surface area contributed by atoms with Crippen molar-refractivity contribution in [3.8, 4) is 45.3 Å². The Bertz CT molecular complexity index is 2600. The lowest BCUT2D eigenvalue weighted by molar-refractivity contribution is 0.0353. The highest BCUT2D eigenvalue weighted by Crippen LogP contribution is 2.70. The van der Waals surface area contributed by atoms with Crippen LogP contribution in [0.1, 0.15) is 40.5 Å². The Hall–Kier alpha value is -6.59. The monoisotopic (exact) mass is 721 g/mol. The van der Waals surface area contributed by atoms with Crippen LogP contribution in [-0.4, -0.2) is 24.9 Å². The summed E-state index contributed by atoms with van der Waals surface area (Å²) in [5.74, 6) is 4.20. The first kappa shape index (κ1) is 32.8. The van der Waals surface area contributed by atoms with Gasteiger partial charge in [0, 0.05) is 52.8 Å². The summed E-state index contributed by atoms with van der Waals surface area (Å²) in [6.07, 6.45) is 23.4. The van der Waals surface area contributed by atoms with Gasteiger partial charge in [0.05, 0.1) is 0 Å². The first-order chi connectivity index (χ1) is 27.8. The van der Waals surface area contributed by atoms with E-state index in [2.05, 4.69) is 137 Å². The van der Waals surface area contributed by atoms with Crippen LogP contribution in [0.25, 0.3) is 45.3 Å². The summed E-state index contributed by atoms with van der Waals surface area (Å²) >= 11 is 0. The van der Waals surface area contributed by atoms with Gasteiger partial charge in [0.1, 0.15) is 0 Å². The second-order valence-corrected chi connectivity index (χ2v) is 15.6. The molecule has 0 spiro atoms. The van der Waals surface area contributed by atoms with Crippen molar-refractivity contribution in [1.82, 2.24) is 24.9 Å². The Balaban J connectivity index is 1.09. The molecule has 1 saturated carbocycles. The minimum Gasteiger partial charge on any atom is -0.265 e. The molecule has 5 aliphatic rings. The highest BCUT2D eigenvalue weighted by Gasteiger charge is 2.64. The van der Waals surface area contributed by atoms with E-state index in [1.165, 1.54) is 22.3 Å². The summed E-state index contributed by atoms with van der Waals surface area (Å²) < 4.78 is 0. The van der Waals surface area contributed by atoms with E-state index in [-0.39, 0.29) is 11.3 Å². The Kier molecular flexibility index (Phi) is 7.80. The van der Waals surface area contributed by atoms with Crippen LogP contribution in [-0.2, 0) is 5.41 Å². The molecular formula is C51H39N5. The molecule has 5 heteroatoms. The molecule has 7 aromatic rings. The molecule has 5 aliphatic carbocycles. The Morgan fingerprint density at radius 3 is 1.80 bits per heavy atom. The van der Waals surface area contributed by atoms with Crippen molar-refractivity contribution in [2.45, 2.75) is 23.7 Å². The van der Waals surface area contributed by atoms with Crippen molar-refractivity contribution in [2.24, 2.45) is 23.7 Å². The van der Waals surface area contributed by atoms with Crippen LogP contribution in [0.5, 0.6) is 0 Å². The molecule has 7 atom stereocenters. The van der Waals surface area contributed by atoms with E-state index in [1.54, 1.807) is 0 Å². The lowest BCUT2D eigenvalue weighted by Gasteiger charge is -2.65. The summed E-state index contributed by atoms with van der Waals surface area (Å²) in [6, 6.07) is 45.4. The maximum Gasteiger partial charge on any atom is 0.164 e. The molecule has 12 rings (SSSR count). The second kappa shape index (κ2) is 13.3. The molecule has 268 valence electrons. The van der Waals surface area contributed by atoms with Gasteiger partial charge in [-0.05, 0) is 106 Å². The molecule has 0 amide bonds. The average Bonchev–Trinajstić information content (AvgIpc) is 3.29. The van der Waals surface area contributed by atoms with Crippen LogP contribution >= 0.6 is 0 Å². The summed E-state index contributed by atoms with van der Waals surface area (Å²) in [5.41, 5.74) is 10.6. The molecule has 4 aromatic carbocycles. The Labute approximate surface area is 327 Å². The van der Waals surface area contributed by atoms with E-state index >= 15 is 0 Å². The molecule has 0 N–H and O–H groups in total. The fourth-order valence-corrected chi connectivity index (χ4v) is 10.7. The first-order valence-corrected chi connectivity index (χ1v) is 19.7. The summed E-state index contributed by atoms with van der Waals surface area (Å²) in [5, 5.41) is 0. The van der Waals surface area contributed by atoms with Crippen LogP contribution < -0.4 is 0 Å². The van der Waals surface area contributed by atoms with Crippen LogP contribution in [0.15, 0.2) is 189 Å². The molecular weight excluding hydrogens is 683 g/mol. The van der Waals surface area contributed by atoms with Crippen molar-refractivity contribution < 1.29 is 0 Å². The number of hydrogen-bond acceptors (Lipinski definition) is 5. The van der Waals surface area contributed by atoms with Gasteiger partial charge in [0.15, 0.2) is 17.5 Å². The van der Waals surface area contributed by atoms with Crippen molar-refractivity contribution in [2.75, 3.05) is 0 Å².